The van der Waals surface area contributed by atoms with Crippen LogP contribution in [-0.4, -0.2) is 54.0 Å². The van der Waals surface area contributed by atoms with Gasteiger partial charge >= 0.3 is 0 Å². The highest BCUT2D eigenvalue weighted by molar-refractivity contribution is 5.94. The van der Waals surface area contributed by atoms with E-state index >= 15 is 0 Å². The van der Waals surface area contributed by atoms with Gasteiger partial charge in [-0.1, -0.05) is 12.1 Å². The van der Waals surface area contributed by atoms with Crippen LogP contribution in [0, 0.1) is 0 Å². The number of aromatic amines is 1. The molecule has 0 saturated carbocycles. The number of fused-ring (bicyclic) bond motifs is 1. The van der Waals surface area contributed by atoms with Gasteiger partial charge in [0.15, 0.2) is 0 Å². The van der Waals surface area contributed by atoms with Crippen LogP contribution < -0.4 is 15.8 Å². The number of anilines is 3. The van der Waals surface area contributed by atoms with Gasteiger partial charge < -0.3 is 20.1 Å². The number of hydrogen-bond acceptors (Lipinski definition) is 5. The summed E-state index contributed by atoms with van der Waals surface area (Å²) in [4.78, 5) is 23.7. The van der Waals surface area contributed by atoms with E-state index in [1.165, 1.54) is 5.56 Å². The van der Waals surface area contributed by atoms with Crippen molar-refractivity contribution in [3.63, 3.8) is 0 Å². The standard InChI is InChI=1S/C24H27F2N5O/c1-30-11-7-17(8-12-30)16-2-4-19(5-3-16)28-22-21-18(6-10-27-23(21)32)14-20(29-22)31-13-9-24(25,26)15-31/h2-6,10,14,17H,7-9,11-13,15H2,1H3,(H,27,32)(H,28,29). The minimum atomic E-state index is -2.72. The monoisotopic (exact) mass is 439 g/mol. The molecule has 6 nitrogen and oxygen atoms in total. The van der Waals surface area contributed by atoms with Gasteiger partial charge in [-0.2, -0.15) is 0 Å². The highest BCUT2D eigenvalue weighted by Gasteiger charge is 2.39. The van der Waals surface area contributed by atoms with E-state index in [1.807, 2.05) is 12.1 Å². The number of likely N-dealkylation sites (tertiary alicyclic amines) is 1. The van der Waals surface area contributed by atoms with Crippen LogP contribution in [0.5, 0.6) is 0 Å². The molecule has 1 aromatic carbocycles. The Morgan fingerprint density at radius 2 is 1.88 bits per heavy atom. The third-order valence-corrected chi connectivity index (χ3v) is 6.60. The SMILES string of the molecule is CN1CCC(c2ccc(Nc3nc(N4CCC(F)(F)C4)cc4cc[nH]c(=O)c34)cc2)CC1. The summed E-state index contributed by atoms with van der Waals surface area (Å²) in [5.74, 6) is -1.34. The molecule has 0 aliphatic carbocycles. The van der Waals surface area contributed by atoms with E-state index in [1.54, 1.807) is 23.2 Å². The average molecular weight is 440 g/mol. The van der Waals surface area contributed by atoms with E-state index in [0.717, 1.165) is 31.6 Å². The second-order valence-electron chi connectivity index (χ2n) is 8.95. The topological polar surface area (TPSA) is 64.3 Å². The van der Waals surface area contributed by atoms with Crippen molar-refractivity contribution in [2.24, 2.45) is 0 Å². The number of piperidine rings is 1. The van der Waals surface area contributed by atoms with Gasteiger partial charge in [0.2, 0.25) is 0 Å². The van der Waals surface area contributed by atoms with Gasteiger partial charge in [-0.05, 0) is 74.1 Å². The predicted molar refractivity (Wildman–Crippen MR) is 123 cm³/mol. The molecule has 4 heterocycles. The quantitative estimate of drug-likeness (QED) is 0.634. The van der Waals surface area contributed by atoms with Crippen LogP contribution in [-0.2, 0) is 0 Å². The lowest BCUT2D eigenvalue weighted by Crippen LogP contribution is -2.29. The molecule has 2 saturated heterocycles. The maximum Gasteiger partial charge on any atom is 0.266 e. The van der Waals surface area contributed by atoms with Crippen LogP contribution in [0.25, 0.3) is 10.8 Å². The van der Waals surface area contributed by atoms with E-state index < -0.39 is 5.92 Å². The lowest BCUT2D eigenvalue weighted by molar-refractivity contribution is 0.0256. The third kappa shape index (κ3) is 4.19. The van der Waals surface area contributed by atoms with Crippen molar-refractivity contribution in [2.45, 2.75) is 31.1 Å². The first kappa shape index (κ1) is 20.9. The summed E-state index contributed by atoms with van der Waals surface area (Å²) in [5.41, 5.74) is 1.86. The number of hydrogen-bond donors (Lipinski definition) is 2. The Labute approximate surface area is 185 Å². The van der Waals surface area contributed by atoms with Crippen molar-refractivity contribution in [3.05, 3.63) is 58.5 Å². The van der Waals surface area contributed by atoms with Crippen LogP contribution in [0.2, 0.25) is 0 Å². The number of halogens is 2. The molecule has 2 N–H and O–H groups in total. The second kappa shape index (κ2) is 8.16. The van der Waals surface area contributed by atoms with Crippen LogP contribution in [0.15, 0.2) is 47.4 Å². The molecule has 2 aromatic heterocycles. The van der Waals surface area contributed by atoms with Gasteiger partial charge in [0.25, 0.3) is 11.5 Å². The molecule has 0 amide bonds. The molecule has 3 aromatic rings. The van der Waals surface area contributed by atoms with Gasteiger partial charge in [0.05, 0.1) is 11.9 Å². The fourth-order valence-corrected chi connectivity index (χ4v) is 4.70. The number of H-pyrrole nitrogens is 1. The van der Waals surface area contributed by atoms with Crippen LogP contribution >= 0.6 is 0 Å². The number of rotatable bonds is 4. The molecular formula is C24H27F2N5O. The highest BCUT2D eigenvalue weighted by atomic mass is 19.3. The van der Waals surface area contributed by atoms with Crippen molar-refractivity contribution >= 4 is 28.1 Å². The molecule has 2 aliphatic heterocycles. The summed E-state index contributed by atoms with van der Waals surface area (Å²) in [6.45, 7) is 2.08. The van der Waals surface area contributed by atoms with E-state index in [9.17, 15) is 13.6 Å². The molecule has 0 spiro atoms. The number of nitrogens with one attached hydrogen (secondary N) is 2. The first-order valence-corrected chi connectivity index (χ1v) is 11.1. The number of benzene rings is 1. The van der Waals surface area contributed by atoms with E-state index in [4.69, 9.17) is 0 Å². The van der Waals surface area contributed by atoms with E-state index in [0.29, 0.717) is 28.3 Å². The van der Waals surface area contributed by atoms with Crippen molar-refractivity contribution in [3.8, 4) is 0 Å². The number of aromatic nitrogens is 2. The minimum Gasteiger partial charge on any atom is -0.350 e. The molecular weight excluding hydrogens is 412 g/mol. The zero-order chi connectivity index (χ0) is 22.3. The molecule has 0 bridgehead atoms. The summed E-state index contributed by atoms with van der Waals surface area (Å²) in [7, 11) is 2.15. The van der Waals surface area contributed by atoms with E-state index in [2.05, 4.69) is 39.4 Å². The minimum absolute atomic E-state index is 0.191. The average Bonchev–Trinajstić information content (AvgIpc) is 3.14. The predicted octanol–water partition coefficient (Wildman–Crippen LogP) is 4.32. The Kier molecular flexibility index (Phi) is 5.33. The Morgan fingerprint density at radius 3 is 2.56 bits per heavy atom. The molecule has 2 aliphatic rings. The summed E-state index contributed by atoms with van der Waals surface area (Å²) < 4.78 is 27.6. The lowest BCUT2D eigenvalue weighted by atomic mass is 9.89. The summed E-state index contributed by atoms with van der Waals surface area (Å²) in [5, 5.41) is 4.34. The molecule has 0 radical (unpaired) electrons. The Bertz CT molecular complexity index is 1170. The van der Waals surface area contributed by atoms with Crippen molar-refractivity contribution in [2.75, 3.05) is 43.4 Å². The molecule has 2 fully saturated rings. The highest BCUT2D eigenvalue weighted by Crippen LogP contribution is 2.34. The first-order valence-electron chi connectivity index (χ1n) is 11.1. The van der Waals surface area contributed by atoms with Crippen molar-refractivity contribution in [1.29, 1.82) is 0 Å². The third-order valence-electron chi connectivity index (χ3n) is 6.60. The van der Waals surface area contributed by atoms with Gasteiger partial charge in [-0.15, -0.1) is 0 Å². The fourth-order valence-electron chi connectivity index (χ4n) is 4.70. The van der Waals surface area contributed by atoms with Gasteiger partial charge in [-0.25, -0.2) is 13.8 Å². The largest absolute Gasteiger partial charge is 0.350 e. The molecule has 5 rings (SSSR count). The molecule has 8 heteroatoms. The number of alkyl halides is 2. The smallest absolute Gasteiger partial charge is 0.266 e. The summed E-state index contributed by atoms with van der Waals surface area (Å²) >= 11 is 0. The van der Waals surface area contributed by atoms with Crippen LogP contribution in [0.3, 0.4) is 0 Å². The Balaban J connectivity index is 1.45. The normalized spacial score (nSPS) is 19.5. The Morgan fingerprint density at radius 1 is 1.12 bits per heavy atom. The van der Waals surface area contributed by atoms with Crippen LogP contribution in [0.4, 0.5) is 26.1 Å². The second-order valence-corrected chi connectivity index (χ2v) is 8.95. The maximum absolute atomic E-state index is 13.8. The first-order chi connectivity index (χ1) is 15.4. The zero-order valence-electron chi connectivity index (χ0n) is 18.1. The molecule has 0 unspecified atom stereocenters. The number of nitrogens with zero attached hydrogens (tertiary/aromatic N) is 3. The summed E-state index contributed by atoms with van der Waals surface area (Å²) in [6.07, 6.45) is 3.66. The van der Waals surface area contributed by atoms with Gasteiger partial charge in [0, 0.05) is 24.8 Å². The van der Waals surface area contributed by atoms with Crippen LogP contribution in [0.1, 0.15) is 30.7 Å². The van der Waals surface area contributed by atoms with E-state index in [-0.39, 0.29) is 25.1 Å². The van der Waals surface area contributed by atoms with Gasteiger partial charge in [0.1, 0.15) is 11.6 Å². The zero-order valence-corrected chi connectivity index (χ0v) is 18.1. The Hall–Kier alpha value is -3.00. The van der Waals surface area contributed by atoms with Crippen molar-refractivity contribution < 1.29 is 8.78 Å². The lowest BCUT2D eigenvalue weighted by Gasteiger charge is -2.29. The number of pyridine rings is 2. The molecule has 0 atom stereocenters. The maximum atomic E-state index is 13.8. The molecule has 32 heavy (non-hydrogen) atoms. The summed E-state index contributed by atoms with van der Waals surface area (Å²) in [6, 6.07) is 11.7. The molecule has 168 valence electrons. The van der Waals surface area contributed by atoms with Crippen molar-refractivity contribution in [1.82, 2.24) is 14.9 Å². The fraction of sp³-hybridized carbons (Fsp3) is 0.417. The van der Waals surface area contributed by atoms with Gasteiger partial charge in [-0.3, -0.25) is 4.79 Å².